The first kappa shape index (κ1) is 19.0. The fourth-order valence-electron chi connectivity index (χ4n) is 3.71. The monoisotopic (exact) mass is 295 g/mol. The van der Waals surface area contributed by atoms with E-state index in [0.717, 1.165) is 0 Å². The average Bonchev–Trinajstić information content (AvgIpc) is 2.46. The van der Waals surface area contributed by atoms with Gasteiger partial charge in [-0.2, -0.15) is 0 Å². The lowest BCUT2D eigenvalue weighted by Crippen LogP contribution is -2.40. The van der Waals surface area contributed by atoms with Crippen LogP contribution in [0.25, 0.3) is 0 Å². The first-order chi connectivity index (χ1) is 10.3. The van der Waals surface area contributed by atoms with Crippen LogP contribution in [0.4, 0.5) is 0 Å². The summed E-state index contributed by atoms with van der Waals surface area (Å²) in [5.74, 6) is 0. The van der Waals surface area contributed by atoms with Crippen LogP contribution in [-0.2, 0) is 0 Å². The second-order valence-electron chi connectivity index (χ2n) is 7.46. The number of rotatable bonds is 15. The highest BCUT2D eigenvalue weighted by Crippen LogP contribution is 2.44. The van der Waals surface area contributed by atoms with E-state index in [1.165, 1.54) is 109 Å². The number of hydrogen-bond acceptors (Lipinski definition) is 1. The van der Waals surface area contributed by atoms with Crippen LogP contribution >= 0.6 is 0 Å². The Morgan fingerprint density at radius 3 is 1.76 bits per heavy atom. The van der Waals surface area contributed by atoms with E-state index in [0.29, 0.717) is 5.41 Å². The van der Waals surface area contributed by atoms with Crippen molar-refractivity contribution < 1.29 is 0 Å². The molecule has 1 heteroatoms. The Hall–Kier alpha value is -0.0400. The zero-order valence-electron chi connectivity index (χ0n) is 15.0. The van der Waals surface area contributed by atoms with Crippen LogP contribution in [0.2, 0.25) is 0 Å². The van der Waals surface area contributed by atoms with Crippen molar-refractivity contribution in [2.45, 2.75) is 110 Å². The molecule has 1 rings (SSSR count). The summed E-state index contributed by atoms with van der Waals surface area (Å²) in [5.41, 5.74) is 0.704. The Morgan fingerprint density at radius 2 is 1.29 bits per heavy atom. The lowest BCUT2D eigenvalue weighted by Gasteiger charge is -2.42. The maximum absolute atomic E-state index is 3.66. The van der Waals surface area contributed by atoms with Gasteiger partial charge in [0.1, 0.15) is 0 Å². The Bertz CT molecular complexity index is 220. The normalized spacial score (nSPS) is 16.9. The molecule has 0 heterocycles. The van der Waals surface area contributed by atoms with Gasteiger partial charge in [-0.3, -0.25) is 0 Å². The highest BCUT2D eigenvalue weighted by molar-refractivity contribution is 4.89. The van der Waals surface area contributed by atoms with Crippen LogP contribution in [0.15, 0.2) is 0 Å². The Kier molecular flexibility index (Phi) is 11.3. The van der Waals surface area contributed by atoms with Crippen LogP contribution in [0.3, 0.4) is 0 Å². The minimum Gasteiger partial charge on any atom is -0.316 e. The van der Waals surface area contributed by atoms with Gasteiger partial charge in [0.25, 0.3) is 0 Å². The van der Waals surface area contributed by atoms with E-state index in [9.17, 15) is 0 Å². The van der Waals surface area contributed by atoms with Crippen molar-refractivity contribution in [2.24, 2.45) is 5.41 Å². The molecule has 0 aromatic rings. The molecule has 1 fully saturated rings. The Labute approximate surface area is 134 Å². The summed E-state index contributed by atoms with van der Waals surface area (Å²) in [7, 11) is 0. The van der Waals surface area contributed by atoms with Gasteiger partial charge in [0.15, 0.2) is 0 Å². The van der Waals surface area contributed by atoms with Gasteiger partial charge >= 0.3 is 0 Å². The summed E-state index contributed by atoms with van der Waals surface area (Å²) in [6.45, 7) is 7.06. The zero-order chi connectivity index (χ0) is 15.2. The van der Waals surface area contributed by atoms with Gasteiger partial charge in [0.2, 0.25) is 0 Å². The molecule has 1 saturated carbocycles. The molecule has 0 atom stereocenters. The van der Waals surface area contributed by atoms with Gasteiger partial charge in [-0.05, 0) is 37.6 Å². The molecule has 0 bridgehead atoms. The van der Waals surface area contributed by atoms with Crippen LogP contribution in [0.5, 0.6) is 0 Å². The van der Waals surface area contributed by atoms with Crippen molar-refractivity contribution in [1.82, 2.24) is 5.32 Å². The molecule has 126 valence electrons. The minimum atomic E-state index is 0.704. The summed E-state index contributed by atoms with van der Waals surface area (Å²) in [4.78, 5) is 0. The SMILES string of the molecule is CCCCCCCCCCCCC1(CNCCC)CCC1. The van der Waals surface area contributed by atoms with Crippen molar-refractivity contribution in [3.05, 3.63) is 0 Å². The first-order valence-electron chi connectivity index (χ1n) is 10.0. The van der Waals surface area contributed by atoms with E-state index in [2.05, 4.69) is 19.2 Å². The summed E-state index contributed by atoms with van der Waals surface area (Å²) >= 11 is 0. The molecule has 0 aromatic carbocycles. The first-order valence-corrected chi connectivity index (χ1v) is 10.0. The van der Waals surface area contributed by atoms with Gasteiger partial charge in [0, 0.05) is 6.54 Å². The lowest BCUT2D eigenvalue weighted by atomic mass is 9.66. The Morgan fingerprint density at radius 1 is 0.714 bits per heavy atom. The van der Waals surface area contributed by atoms with E-state index in [4.69, 9.17) is 0 Å². The quantitative estimate of drug-likeness (QED) is 0.341. The van der Waals surface area contributed by atoms with Crippen LogP contribution in [0, 0.1) is 5.41 Å². The van der Waals surface area contributed by atoms with Crippen LogP contribution in [-0.4, -0.2) is 13.1 Å². The number of nitrogens with one attached hydrogen (secondary N) is 1. The third-order valence-electron chi connectivity index (χ3n) is 5.40. The predicted octanol–water partition coefficient (Wildman–Crippen LogP) is 6.47. The molecular weight excluding hydrogens is 254 g/mol. The summed E-state index contributed by atoms with van der Waals surface area (Å²) in [6.07, 6.45) is 21.8. The number of unbranched alkanes of at least 4 members (excludes halogenated alkanes) is 9. The third-order valence-corrected chi connectivity index (χ3v) is 5.40. The maximum atomic E-state index is 3.66. The molecule has 0 amide bonds. The largest absolute Gasteiger partial charge is 0.316 e. The molecule has 1 N–H and O–H groups in total. The molecule has 0 aromatic heterocycles. The predicted molar refractivity (Wildman–Crippen MR) is 95.9 cm³/mol. The fraction of sp³-hybridized carbons (Fsp3) is 1.00. The molecule has 0 spiro atoms. The zero-order valence-corrected chi connectivity index (χ0v) is 15.0. The maximum Gasteiger partial charge on any atom is 0.000780 e. The highest BCUT2D eigenvalue weighted by atomic mass is 14.9. The van der Waals surface area contributed by atoms with E-state index in [1.807, 2.05) is 0 Å². The second-order valence-corrected chi connectivity index (χ2v) is 7.46. The molecule has 0 aliphatic heterocycles. The van der Waals surface area contributed by atoms with Gasteiger partial charge < -0.3 is 5.32 Å². The van der Waals surface area contributed by atoms with Crippen molar-refractivity contribution in [1.29, 1.82) is 0 Å². The summed E-state index contributed by atoms with van der Waals surface area (Å²) < 4.78 is 0. The summed E-state index contributed by atoms with van der Waals surface area (Å²) in [5, 5.41) is 3.66. The van der Waals surface area contributed by atoms with E-state index < -0.39 is 0 Å². The second kappa shape index (κ2) is 12.5. The number of hydrogen-bond donors (Lipinski definition) is 1. The van der Waals surface area contributed by atoms with Crippen molar-refractivity contribution in [3.8, 4) is 0 Å². The van der Waals surface area contributed by atoms with Crippen molar-refractivity contribution >= 4 is 0 Å². The molecule has 0 radical (unpaired) electrons. The molecule has 1 nitrogen and oxygen atoms in total. The van der Waals surface area contributed by atoms with Gasteiger partial charge in [-0.25, -0.2) is 0 Å². The van der Waals surface area contributed by atoms with Gasteiger partial charge in [-0.15, -0.1) is 0 Å². The van der Waals surface area contributed by atoms with Crippen LogP contribution < -0.4 is 5.32 Å². The van der Waals surface area contributed by atoms with Gasteiger partial charge in [0.05, 0.1) is 0 Å². The molecule has 0 unspecified atom stereocenters. The average molecular weight is 296 g/mol. The lowest BCUT2D eigenvalue weighted by molar-refractivity contribution is 0.113. The van der Waals surface area contributed by atoms with Crippen molar-refractivity contribution in [3.63, 3.8) is 0 Å². The van der Waals surface area contributed by atoms with E-state index in [-0.39, 0.29) is 0 Å². The fourth-order valence-corrected chi connectivity index (χ4v) is 3.71. The van der Waals surface area contributed by atoms with E-state index in [1.54, 1.807) is 0 Å². The van der Waals surface area contributed by atoms with E-state index >= 15 is 0 Å². The van der Waals surface area contributed by atoms with Crippen molar-refractivity contribution in [2.75, 3.05) is 13.1 Å². The molecule has 1 aliphatic rings. The topological polar surface area (TPSA) is 12.0 Å². The minimum absolute atomic E-state index is 0.704. The molecular formula is C20H41N. The smallest absolute Gasteiger partial charge is 0.000780 e. The molecule has 0 saturated heterocycles. The highest BCUT2D eigenvalue weighted by Gasteiger charge is 2.35. The summed E-state index contributed by atoms with van der Waals surface area (Å²) in [6, 6.07) is 0. The third kappa shape index (κ3) is 8.86. The van der Waals surface area contributed by atoms with Crippen LogP contribution in [0.1, 0.15) is 110 Å². The van der Waals surface area contributed by atoms with Gasteiger partial charge in [-0.1, -0.05) is 84.5 Å². The standard InChI is InChI=1S/C20H41N/c1-3-5-6-7-8-9-10-11-12-13-15-20(16-14-17-20)19-21-18-4-2/h21H,3-19H2,1-2H3. The molecule has 1 aliphatic carbocycles. The Balaban J connectivity index is 1.88. The molecule has 21 heavy (non-hydrogen) atoms.